The molecular formula is C28H17N3. The van der Waals surface area contributed by atoms with Gasteiger partial charge in [-0.05, 0) is 41.8 Å². The smallest absolute Gasteiger partial charge is 0.0486 e. The predicted molar refractivity (Wildman–Crippen MR) is 132 cm³/mol. The molecule has 8 rings (SSSR count). The van der Waals surface area contributed by atoms with Crippen molar-refractivity contribution in [1.82, 2.24) is 15.0 Å². The van der Waals surface area contributed by atoms with E-state index in [0.29, 0.717) is 0 Å². The molecule has 0 atom stereocenters. The van der Waals surface area contributed by atoms with E-state index in [9.17, 15) is 0 Å². The maximum Gasteiger partial charge on any atom is 0.0486 e. The fourth-order valence-electron chi connectivity index (χ4n) is 5.49. The lowest BCUT2D eigenvalue weighted by Crippen LogP contribution is -1.78. The minimum Gasteiger partial charge on any atom is -0.354 e. The van der Waals surface area contributed by atoms with Gasteiger partial charge in [0.15, 0.2) is 0 Å². The van der Waals surface area contributed by atoms with Gasteiger partial charge < -0.3 is 15.0 Å². The van der Waals surface area contributed by atoms with E-state index in [1.165, 1.54) is 76.2 Å². The highest BCUT2D eigenvalue weighted by Crippen LogP contribution is 2.41. The summed E-state index contributed by atoms with van der Waals surface area (Å²) in [4.78, 5) is 10.9. The van der Waals surface area contributed by atoms with Crippen LogP contribution in [0.2, 0.25) is 0 Å². The molecule has 0 saturated heterocycles. The lowest BCUT2D eigenvalue weighted by atomic mass is 9.98. The third-order valence-electron chi connectivity index (χ3n) is 6.84. The number of H-pyrrole nitrogens is 3. The Hall–Kier alpha value is -4.24. The van der Waals surface area contributed by atoms with Crippen molar-refractivity contribution >= 4 is 76.2 Å². The molecule has 3 N–H and O–H groups in total. The standard InChI is InChI=1S/C28H17N3/c1-3-7-20-16(5-1)18-13-19-25(14-24(18)30-20)31-23-12-10-15-9-11-22-27(26(15)28(19)23)17-6-2-4-8-21(17)29-22/h1-14,29-31H. The van der Waals surface area contributed by atoms with Crippen molar-refractivity contribution in [3.63, 3.8) is 0 Å². The number of benzene rings is 5. The van der Waals surface area contributed by atoms with Crippen LogP contribution in [0, 0.1) is 0 Å². The Kier molecular flexibility index (Phi) is 2.65. The zero-order valence-corrected chi connectivity index (χ0v) is 16.6. The van der Waals surface area contributed by atoms with Crippen LogP contribution in [0.25, 0.3) is 76.2 Å². The Balaban J connectivity index is 1.66. The van der Waals surface area contributed by atoms with Crippen molar-refractivity contribution in [2.75, 3.05) is 0 Å². The van der Waals surface area contributed by atoms with Gasteiger partial charge in [0.05, 0.1) is 0 Å². The number of para-hydroxylation sites is 2. The van der Waals surface area contributed by atoms with Crippen LogP contribution < -0.4 is 0 Å². The van der Waals surface area contributed by atoms with E-state index in [2.05, 4.69) is 99.9 Å². The molecule has 0 aliphatic carbocycles. The summed E-state index contributed by atoms with van der Waals surface area (Å²) in [5.41, 5.74) is 7.06. The second-order valence-electron chi connectivity index (χ2n) is 8.48. The summed E-state index contributed by atoms with van der Waals surface area (Å²) in [7, 11) is 0. The van der Waals surface area contributed by atoms with Gasteiger partial charge in [0.25, 0.3) is 0 Å². The van der Waals surface area contributed by atoms with Gasteiger partial charge in [-0.1, -0.05) is 48.5 Å². The minimum absolute atomic E-state index is 1.17. The molecule has 0 fully saturated rings. The molecule has 5 aromatic carbocycles. The summed E-state index contributed by atoms with van der Waals surface area (Å²) in [5.74, 6) is 0. The number of hydrogen-bond donors (Lipinski definition) is 3. The Morgan fingerprint density at radius 3 is 1.74 bits per heavy atom. The van der Waals surface area contributed by atoms with Crippen LogP contribution in [0.1, 0.15) is 0 Å². The number of aromatic amines is 3. The van der Waals surface area contributed by atoms with E-state index < -0.39 is 0 Å². The van der Waals surface area contributed by atoms with Crippen LogP contribution in [0.4, 0.5) is 0 Å². The van der Waals surface area contributed by atoms with Gasteiger partial charge in [-0.3, -0.25) is 0 Å². The van der Waals surface area contributed by atoms with Gasteiger partial charge >= 0.3 is 0 Å². The first-order valence-electron chi connectivity index (χ1n) is 10.6. The molecule has 31 heavy (non-hydrogen) atoms. The predicted octanol–water partition coefficient (Wildman–Crippen LogP) is 7.74. The molecule has 3 heterocycles. The van der Waals surface area contributed by atoms with Gasteiger partial charge in [-0.25, -0.2) is 0 Å². The Morgan fingerprint density at radius 1 is 0.355 bits per heavy atom. The number of aromatic nitrogens is 3. The van der Waals surface area contributed by atoms with Gasteiger partial charge in [0.2, 0.25) is 0 Å². The average Bonchev–Trinajstić information content (AvgIpc) is 3.47. The number of rotatable bonds is 0. The SMILES string of the molecule is c1ccc2c(c1)[nH]c1cc3[nH]c4ccc5ccc6[nH]c7ccccc7c6c5c4c3cc12. The Bertz CT molecular complexity index is 2000. The topological polar surface area (TPSA) is 47.4 Å². The molecule has 0 aliphatic heterocycles. The molecule has 8 aromatic rings. The lowest BCUT2D eigenvalue weighted by Gasteiger charge is -2.04. The van der Waals surface area contributed by atoms with E-state index >= 15 is 0 Å². The Morgan fingerprint density at radius 2 is 0.935 bits per heavy atom. The molecule has 0 unspecified atom stereocenters. The lowest BCUT2D eigenvalue weighted by molar-refractivity contribution is 1.53. The van der Waals surface area contributed by atoms with Crippen LogP contribution in [-0.4, -0.2) is 15.0 Å². The van der Waals surface area contributed by atoms with E-state index in [1.54, 1.807) is 0 Å². The van der Waals surface area contributed by atoms with E-state index in [1.807, 2.05) is 0 Å². The second kappa shape index (κ2) is 5.27. The van der Waals surface area contributed by atoms with E-state index in [4.69, 9.17) is 0 Å². The largest absolute Gasteiger partial charge is 0.354 e. The van der Waals surface area contributed by atoms with Crippen molar-refractivity contribution in [3.8, 4) is 0 Å². The summed E-state index contributed by atoms with van der Waals surface area (Å²) >= 11 is 0. The number of fused-ring (bicyclic) bond motifs is 12. The quantitative estimate of drug-likeness (QED) is 0.235. The van der Waals surface area contributed by atoms with Gasteiger partial charge in [0.1, 0.15) is 0 Å². The maximum atomic E-state index is 3.68. The third kappa shape index (κ3) is 1.89. The normalized spacial score (nSPS) is 12.5. The van der Waals surface area contributed by atoms with Crippen molar-refractivity contribution in [1.29, 1.82) is 0 Å². The van der Waals surface area contributed by atoms with Crippen LogP contribution in [0.3, 0.4) is 0 Å². The zero-order valence-electron chi connectivity index (χ0n) is 16.6. The van der Waals surface area contributed by atoms with Gasteiger partial charge in [0, 0.05) is 70.8 Å². The highest BCUT2D eigenvalue weighted by molar-refractivity contribution is 6.33. The first-order chi connectivity index (χ1) is 15.3. The molecule has 0 spiro atoms. The molecule has 0 aliphatic rings. The fraction of sp³-hybridized carbons (Fsp3) is 0. The zero-order chi connectivity index (χ0) is 20.1. The summed E-state index contributed by atoms with van der Waals surface area (Å²) in [6.07, 6.45) is 0. The highest BCUT2D eigenvalue weighted by atomic mass is 14.7. The number of nitrogens with one attached hydrogen (secondary N) is 3. The van der Waals surface area contributed by atoms with Crippen LogP contribution >= 0.6 is 0 Å². The molecule has 0 radical (unpaired) electrons. The molecule has 0 amide bonds. The maximum absolute atomic E-state index is 3.68. The average molecular weight is 395 g/mol. The van der Waals surface area contributed by atoms with Gasteiger partial charge in [-0.2, -0.15) is 0 Å². The summed E-state index contributed by atoms with van der Waals surface area (Å²) < 4.78 is 0. The number of hydrogen-bond acceptors (Lipinski definition) is 0. The first kappa shape index (κ1) is 15.6. The molecule has 144 valence electrons. The fourth-order valence-corrected chi connectivity index (χ4v) is 5.49. The minimum atomic E-state index is 1.17. The third-order valence-corrected chi connectivity index (χ3v) is 6.84. The molecule has 0 saturated carbocycles. The van der Waals surface area contributed by atoms with Crippen molar-refractivity contribution in [2.24, 2.45) is 0 Å². The highest BCUT2D eigenvalue weighted by Gasteiger charge is 2.15. The molecule has 3 heteroatoms. The van der Waals surface area contributed by atoms with Gasteiger partial charge in [-0.15, -0.1) is 0 Å². The summed E-state index contributed by atoms with van der Waals surface area (Å²) in [5, 5.41) is 10.3. The second-order valence-corrected chi connectivity index (χ2v) is 8.48. The molecule has 3 aromatic heterocycles. The van der Waals surface area contributed by atoms with Crippen LogP contribution in [0.5, 0.6) is 0 Å². The molecule has 0 bridgehead atoms. The van der Waals surface area contributed by atoms with Crippen LogP contribution in [0.15, 0.2) is 84.9 Å². The van der Waals surface area contributed by atoms with E-state index in [-0.39, 0.29) is 0 Å². The molecule has 3 nitrogen and oxygen atoms in total. The Labute approximate surface area is 176 Å². The van der Waals surface area contributed by atoms with E-state index in [0.717, 1.165) is 0 Å². The first-order valence-corrected chi connectivity index (χ1v) is 10.6. The van der Waals surface area contributed by atoms with Crippen LogP contribution in [-0.2, 0) is 0 Å². The molecular weight excluding hydrogens is 378 g/mol. The van der Waals surface area contributed by atoms with Crippen molar-refractivity contribution < 1.29 is 0 Å². The summed E-state index contributed by atoms with van der Waals surface area (Å²) in [6, 6.07) is 30.6. The van der Waals surface area contributed by atoms with Crippen molar-refractivity contribution in [3.05, 3.63) is 84.9 Å². The monoisotopic (exact) mass is 395 g/mol. The van der Waals surface area contributed by atoms with Crippen molar-refractivity contribution in [2.45, 2.75) is 0 Å². The summed E-state index contributed by atoms with van der Waals surface area (Å²) in [6.45, 7) is 0.